The first-order chi connectivity index (χ1) is 5.66. The molecule has 1 aromatic rings. The van der Waals surface area contributed by atoms with Crippen molar-refractivity contribution in [2.45, 2.75) is 20.3 Å². The summed E-state index contributed by atoms with van der Waals surface area (Å²) < 4.78 is 0. The molecule has 2 rings (SSSR count). The van der Waals surface area contributed by atoms with Crippen LogP contribution in [-0.2, 0) is 11.2 Å². The smallest absolute Gasteiger partial charge is 0.230 e. The number of hydrogen-bond acceptors (Lipinski definition) is 3. The van der Waals surface area contributed by atoms with Crippen LogP contribution in [0.3, 0.4) is 0 Å². The Kier molecular flexibility index (Phi) is 1.36. The topological polar surface area (TPSA) is 54.9 Å². The summed E-state index contributed by atoms with van der Waals surface area (Å²) in [5, 5.41) is 2.69. The number of nitrogens with zero attached hydrogens (tertiary/aromatic N) is 2. The van der Waals surface area contributed by atoms with Gasteiger partial charge in [-0.05, 0) is 13.8 Å². The van der Waals surface area contributed by atoms with Gasteiger partial charge in [0.1, 0.15) is 11.6 Å². The van der Waals surface area contributed by atoms with E-state index in [9.17, 15) is 4.79 Å². The van der Waals surface area contributed by atoms with Gasteiger partial charge in [-0.15, -0.1) is 0 Å². The SMILES string of the molecule is Cc1nc(C)c2c(n1)NC(=O)C2. The van der Waals surface area contributed by atoms with Crippen molar-refractivity contribution in [2.24, 2.45) is 0 Å². The Balaban J connectivity index is 2.59. The van der Waals surface area contributed by atoms with Gasteiger partial charge in [-0.1, -0.05) is 0 Å². The van der Waals surface area contributed by atoms with Crippen LogP contribution in [0, 0.1) is 13.8 Å². The van der Waals surface area contributed by atoms with E-state index in [2.05, 4.69) is 15.3 Å². The van der Waals surface area contributed by atoms with Crippen LogP contribution in [0.4, 0.5) is 5.82 Å². The molecule has 0 unspecified atom stereocenters. The molecule has 1 aliphatic heterocycles. The molecule has 0 spiro atoms. The summed E-state index contributed by atoms with van der Waals surface area (Å²) in [6.07, 6.45) is 0.418. The Morgan fingerprint density at radius 1 is 1.33 bits per heavy atom. The summed E-state index contributed by atoms with van der Waals surface area (Å²) in [4.78, 5) is 19.3. The summed E-state index contributed by atoms with van der Waals surface area (Å²) in [7, 11) is 0. The molecule has 0 radical (unpaired) electrons. The number of aromatic nitrogens is 2. The Labute approximate surface area is 70.0 Å². The van der Waals surface area contributed by atoms with Crippen molar-refractivity contribution in [3.63, 3.8) is 0 Å². The molecular formula is C8H9N3O. The Bertz CT molecular complexity index is 360. The van der Waals surface area contributed by atoms with Crippen LogP contribution >= 0.6 is 0 Å². The fourth-order valence-electron chi connectivity index (χ4n) is 1.39. The molecule has 0 aliphatic carbocycles. The van der Waals surface area contributed by atoms with Crippen molar-refractivity contribution in [1.29, 1.82) is 0 Å². The number of amides is 1. The van der Waals surface area contributed by atoms with Gasteiger partial charge in [0.15, 0.2) is 0 Å². The van der Waals surface area contributed by atoms with Crippen molar-refractivity contribution in [3.8, 4) is 0 Å². The number of anilines is 1. The van der Waals surface area contributed by atoms with Crippen LogP contribution in [0.1, 0.15) is 17.1 Å². The molecule has 0 atom stereocenters. The maximum absolute atomic E-state index is 11.0. The maximum Gasteiger partial charge on any atom is 0.230 e. The third-order valence-electron chi connectivity index (χ3n) is 1.92. The molecule has 0 fully saturated rings. The number of rotatable bonds is 0. The second kappa shape index (κ2) is 2.27. The lowest BCUT2D eigenvalue weighted by atomic mass is 10.2. The predicted octanol–water partition coefficient (Wildman–Crippen LogP) is 0.588. The van der Waals surface area contributed by atoms with E-state index in [0.717, 1.165) is 11.3 Å². The van der Waals surface area contributed by atoms with Gasteiger partial charge in [-0.3, -0.25) is 4.79 Å². The minimum atomic E-state index is 0.00741. The Morgan fingerprint density at radius 3 is 2.83 bits per heavy atom. The first kappa shape index (κ1) is 7.21. The van der Waals surface area contributed by atoms with Crippen molar-refractivity contribution in [1.82, 2.24) is 9.97 Å². The fraction of sp³-hybridized carbons (Fsp3) is 0.375. The zero-order valence-electron chi connectivity index (χ0n) is 7.01. The largest absolute Gasteiger partial charge is 0.310 e. The van der Waals surface area contributed by atoms with Gasteiger partial charge in [0.2, 0.25) is 5.91 Å². The third-order valence-corrected chi connectivity index (χ3v) is 1.92. The van der Waals surface area contributed by atoms with Crippen LogP contribution in [0.25, 0.3) is 0 Å². The van der Waals surface area contributed by atoms with Gasteiger partial charge in [-0.25, -0.2) is 9.97 Å². The molecule has 0 aromatic carbocycles. The quantitative estimate of drug-likeness (QED) is 0.609. The highest BCUT2D eigenvalue weighted by molar-refractivity contribution is 5.98. The van der Waals surface area contributed by atoms with Crippen LogP contribution in [0.5, 0.6) is 0 Å². The summed E-state index contributed by atoms with van der Waals surface area (Å²) >= 11 is 0. The van der Waals surface area contributed by atoms with E-state index < -0.39 is 0 Å². The number of nitrogens with one attached hydrogen (secondary N) is 1. The lowest BCUT2D eigenvalue weighted by Crippen LogP contribution is -2.04. The molecule has 1 aliphatic rings. The number of carbonyl (C=O) groups excluding carboxylic acids is 1. The molecule has 0 bridgehead atoms. The van der Waals surface area contributed by atoms with E-state index in [1.165, 1.54) is 0 Å². The van der Waals surface area contributed by atoms with Gasteiger partial charge in [0.25, 0.3) is 0 Å². The Hall–Kier alpha value is -1.45. The predicted molar refractivity (Wildman–Crippen MR) is 43.8 cm³/mol. The first-order valence-corrected chi connectivity index (χ1v) is 3.81. The highest BCUT2D eigenvalue weighted by Gasteiger charge is 2.21. The number of aryl methyl sites for hydroxylation is 2. The van der Waals surface area contributed by atoms with Gasteiger partial charge in [-0.2, -0.15) is 0 Å². The highest BCUT2D eigenvalue weighted by Crippen LogP contribution is 2.22. The normalized spacial score (nSPS) is 14.3. The zero-order valence-corrected chi connectivity index (χ0v) is 7.01. The molecule has 1 amide bonds. The molecule has 12 heavy (non-hydrogen) atoms. The molecule has 4 nitrogen and oxygen atoms in total. The van der Waals surface area contributed by atoms with Gasteiger partial charge in [0, 0.05) is 11.3 Å². The number of fused-ring (bicyclic) bond motifs is 1. The second-order valence-corrected chi connectivity index (χ2v) is 2.91. The van der Waals surface area contributed by atoms with Gasteiger partial charge in [0.05, 0.1) is 6.42 Å². The van der Waals surface area contributed by atoms with E-state index in [-0.39, 0.29) is 5.91 Å². The van der Waals surface area contributed by atoms with Crippen molar-refractivity contribution in [3.05, 3.63) is 17.1 Å². The summed E-state index contributed by atoms with van der Waals surface area (Å²) in [5.41, 5.74) is 1.83. The summed E-state index contributed by atoms with van der Waals surface area (Å²) in [6.45, 7) is 3.71. The Morgan fingerprint density at radius 2 is 2.08 bits per heavy atom. The molecule has 4 heteroatoms. The minimum absolute atomic E-state index is 0.00741. The highest BCUT2D eigenvalue weighted by atomic mass is 16.1. The molecule has 0 saturated heterocycles. The monoisotopic (exact) mass is 163 g/mol. The lowest BCUT2D eigenvalue weighted by molar-refractivity contribution is -0.115. The molecular weight excluding hydrogens is 154 g/mol. The molecule has 1 N–H and O–H groups in total. The third kappa shape index (κ3) is 0.958. The molecule has 2 heterocycles. The van der Waals surface area contributed by atoms with Crippen LogP contribution < -0.4 is 5.32 Å². The van der Waals surface area contributed by atoms with Gasteiger partial charge < -0.3 is 5.32 Å². The fourth-order valence-corrected chi connectivity index (χ4v) is 1.39. The average molecular weight is 163 g/mol. The van der Waals surface area contributed by atoms with Gasteiger partial charge >= 0.3 is 0 Å². The lowest BCUT2D eigenvalue weighted by Gasteiger charge is -2.01. The number of hydrogen-bond donors (Lipinski definition) is 1. The van der Waals surface area contributed by atoms with E-state index in [1.54, 1.807) is 0 Å². The molecule has 0 saturated carbocycles. The van der Waals surface area contributed by atoms with E-state index >= 15 is 0 Å². The standard InChI is InChI=1S/C8H9N3O/c1-4-6-3-7(12)11-8(6)10-5(2)9-4/h3H2,1-2H3,(H,9,10,11,12). The summed E-state index contributed by atoms with van der Waals surface area (Å²) in [6, 6.07) is 0. The summed E-state index contributed by atoms with van der Waals surface area (Å²) in [5.74, 6) is 1.39. The van der Waals surface area contributed by atoms with Crippen LogP contribution in [0.15, 0.2) is 0 Å². The zero-order chi connectivity index (χ0) is 8.72. The second-order valence-electron chi connectivity index (χ2n) is 2.91. The minimum Gasteiger partial charge on any atom is -0.310 e. The average Bonchev–Trinajstić information content (AvgIpc) is 2.29. The van der Waals surface area contributed by atoms with E-state index in [4.69, 9.17) is 0 Å². The molecule has 1 aromatic heterocycles. The molecule has 62 valence electrons. The van der Waals surface area contributed by atoms with E-state index in [1.807, 2.05) is 13.8 Å². The van der Waals surface area contributed by atoms with Crippen molar-refractivity contribution >= 4 is 11.7 Å². The van der Waals surface area contributed by atoms with Crippen molar-refractivity contribution in [2.75, 3.05) is 5.32 Å². The van der Waals surface area contributed by atoms with E-state index in [0.29, 0.717) is 18.1 Å². The first-order valence-electron chi connectivity index (χ1n) is 3.81. The van der Waals surface area contributed by atoms with Crippen LogP contribution in [0.2, 0.25) is 0 Å². The van der Waals surface area contributed by atoms with Crippen molar-refractivity contribution < 1.29 is 4.79 Å². The maximum atomic E-state index is 11.0. The number of carbonyl (C=O) groups is 1. The van der Waals surface area contributed by atoms with Crippen LogP contribution in [-0.4, -0.2) is 15.9 Å².